The molecule has 12 aromatic carbocycles. The Labute approximate surface area is 505 Å². The SMILES string of the molecule is C/C=C(/c1ccccc1)C(Cc1ccccc1)(CN(C)/C(=N\C(=N)c1ccc2c(c1)oc1ccccc12)c1ccc2c(c1)oc1ccccc12)n1c2c(-c3ccccc3)cc(-c3ccccc3)cc2c2cc(-c3ccccc3)cc(-c3ccccc3)c21. The van der Waals surface area contributed by atoms with Crippen molar-refractivity contribution in [3.63, 3.8) is 0 Å². The van der Waals surface area contributed by atoms with Gasteiger partial charge in [-0.3, -0.25) is 5.41 Å². The van der Waals surface area contributed by atoms with Gasteiger partial charge in [-0.15, -0.1) is 0 Å². The molecule has 0 saturated carbocycles. The number of nitrogens with zero attached hydrogens (tertiary/aromatic N) is 3. The summed E-state index contributed by atoms with van der Waals surface area (Å²) in [5, 5.41) is 16.5. The van der Waals surface area contributed by atoms with Crippen LogP contribution in [0.4, 0.5) is 0 Å². The number of furan rings is 2. The van der Waals surface area contributed by atoms with E-state index in [-0.39, 0.29) is 5.84 Å². The number of aliphatic imine (C=N–C) groups is 1. The maximum absolute atomic E-state index is 10.1. The van der Waals surface area contributed by atoms with E-state index >= 15 is 0 Å². The first-order chi connectivity index (χ1) is 42.9. The molecule has 0 saturated heterocycles. The number of amidine groups is 2. The molecule has 0 radical (unpaired) electrons. The van der Waals surface area contributed by atoms with Gasteiger partial charge < -0.3 is 18.3 Å². The minimum absolute atomic E-state index is 0.100. The molecule has 1 atom stereocenters. The highest BCUT2D eigenvalue weighted by Gasteiger charge is 2.43. The van der Waals surface area contributed by atoms with Gasteiger partial charge >= 0.3 is 0 Å². The molecule has 6 nitrogen and oxygen atoms in total. The Bertz CT molecular complexity index is 4980. The van der Waals surface area contributed by atoms with Crippen LogP contribution in [0.25, 0.3) is 116 Å². The lowest BCUT2D eigenvalue weighted by atomic mass is 9.78. The van der Waals surface area contributed by atoms with Crippen LogP contribution in [-0.4, -0.2) is 34.7 Å². The quantitative estimate of drug-likeness (QED) is 0.0924. The van der Waals surface area contributed by atoms with Crippen molar-refractivity contribution in [2.75, 3.05) is 13.6 Å². The molecular weight excluding hydrogens is 1060 g/mol. The predicted octanol–water partition coefficient (Wildman–Crippen LogP) is 20.7. The fourth-order valence-electron chi connectivity index (χ4n) is 13.5. The van der Waals surface area contributed by atoms with Crippen LogP contribution in [0.5, 0.6) is 0 Å². The zero-order chi connectivity index (χ0) is 58.4. The van der Waals surface area contributed by atoms with E-state index in [9.17, 15) is 5.41 Å². The summed E-state index contributed by atoms with van der Waals surface area (Å²) < 4.78 is 15.9. The van der Waals surface area contributed by atoms with Crippen LogP contribution in [0.3, 0.4) is 0 Å². The van der Waals surface area contributed by atoms with Crippen LogP contribution in [0, 0.1) is 5.41 Å². The molecular formula is C81H60N4O2. The van der Waals surface area contributed by atoms with Gasteiger partial charge in [-0.05, 0) is 118 Å². The Balaban J connectivity index is 1.07. The summed E-state index contributed by atoms with van der Waals surface area (Å²) >= 11 is 0. The molecule has 416 valence electrons. The standard InChI is InChI=1S/C81H60N4O2/c1-3-72(59-36-20-9-21-37-59)81(52-54-26-10-4-11-27-54,53-84(2)80(61-43-45-67-65-39-23-25-41-74(65)87-76(67)51-61)83-79(82)60-42-44-66-64-38-22-24-40-73(64)86-75(66)50-60)85-77-68(57-32-16-7-17-33-57)46-62(55-28-12-5-13-29-55)48-70(77)71-49-63(56-30-14-6-15-31-56)47-69(78(71)85)58-34-18-8-19-35-58/h3-51,82H,52-53H2,1-2H3/b72-3-,82-79?,83-80-. The second kappa shape index (κ2) is 22.2. The van der Waals surface area contributed by atoms with E-state index in [0.29, 0.717) is 29.9 Å². The summed E-state index contributed by atoms with van der Waals surface area (Å²) in [7, 11) is 2.15. The van der Waals surface area contributed by atoms with Crippen molar-refractivity contribution in [2.24, 2.45) is 4.99 Å². The summed E-state index contributed by atoms with van der Waals surface area (Å²) in [5.41, 5.74) is 18.1. The molecule has 0 aliphatic heterocycles. The smallest absolute Gasteiger partial charge is 0.154 e. The molecule has 0 aliphatic carbocycles. The Hall–Kier alpha value is -11.1. The number of nitrogens with one attached hydrogen (secondary N) is 1. The zero-order valence-electron chi connectivity index (χ0n) is 48.4. The first-order valence-electron chi connectivity index (χ1n) is 29.8. The number of likely N-dealkylation sites (N-methyl/N-ethyl adjacent to an activating group) is 1. The van der Waals surface area contributed by atoms with E-state index in [2.05, 4.69) is 278 Å². The van der Waals surface area contributed by atoms with Gasteiger partial charge in [-0.25, -0.2) is 4.99 Å². The fourth-order valence-corrected chi connectivity index (χ4v) is 13.5. The van der Waals surface area contributed by atoms with E-state index in [1.54, 1.807) is 0 Å². The number of allylic oxidation sites excluding steroid dienone is 1. The highest BCUT2D eigenvalue weighted by Crippen LogP contribution is 2.51. The largest absolute Gasteiger partial charge is 0.456 e. The summed E-state index contributed by atoms with van der Waals surface area (Å²) in [6.07, 6.45) is 2.90. The Morgan fingerprint density at radius 2 is 0.828 bits per heavy atom. The number of benzene rings is 12. The Morgan fingerprint density at radius 3 is 1.32 bits per heavy atom. The number of fused-ring (bicyclic) bond motifs is 9. The first-order valence-corrected chi connectivity index (χ1v) is 29.8. The molecule has 1 N–H and O–H groups in total. The van der Waals surface area contributed by atoms with Crippen molar-refractivity contribution in [3.05, 3.63) is 320 Å². The summed E-state index contributed by atoms with van der Waals surface area (Å²) in [4.78, 5) is 7.83. The molecule has 6 heteroatoms. The molecule has 0 spiro atoms. The van der Waals surface area contributed by atoms with Crippen molar-refractivity contribution >= 4 is 82.9 Å². The third-order valence-electron chi connectivity index (χ3n) is 17.4. The highest BCUT2D eigenvalue weighted by atomic mass is 16.3. The second-order valence-electron chi connectivity index (χ2n) is 22.7. The normalized spacial score (nSPS) is 12.9. The van der Waals surface area contributed by atoms with Crippen LogP contribution in [-0.2, 0) is 12.0 Å². The molecule has 15 rings (SSSR count). The number of hydrogen-bond acceptors (Lipinski definition) is 3. The molecule has 0 bridgehead atoms. The van der Waals surface area contributed by atoms with Crippen LogP contribution >= 0.6 is 0 Å². The number of rotatable bonds is 13. The molecule has 0 aliphatic rings. The summed E-state index contributed by atoms with van der Waals surface area (Å²) in [6.45, 7) is 2.58. The minimum Gasteiger partial charge on any atom is -0.456 e. The van der Waals surface area contributed by atoms with Gasteiger partial charge in [0.25, 0.3) is 0 Å². The van der Waals surface area contributed by atoms with E-state index in [0.717, 1.165) is 127 Å². The van der Waals surface area contributed by atoms with Gasteiger partial charge in [-0.2, -0.15) is 0 Å². The zero-order valence-corrected chi connectivity index (χ0v) is 48.4. The fraction of sp³-hybridized carbons (Fsp3) is 0.0617. The maximum atomic E-state index is 10.1. The van der Waals surface area contributed by atoms with Crippen molar-refractivity contribution in [1.82, 2.24) is 9.47 Å². The van der Waals surface area contributed by atoms with Gasteiger partial charge in [0.2, 0.25) is 0 Å². The molecule has 3 aromatic heterocycles. The molecule has 1 unspecified atom stereocenters. The molecule has 87 heavy (non-hydrogen) atoms. The van der Waals surface area contributed by atoms with Crippen molar-refractivity contribution in [1.29, 1.82) is 5.41 Å². The van der Waals surface area contributed by atoms with Crippen LogP contribution in [0.1, 0.15) is 29.2 Å². The second-order valence-corrected chi connectivity index (χ2v) is 22.7. The van der Waals surface area contributed by atoms with E-state index in [1.165, 1.54) is 0 Å². The monoisotopic (exact) mass is 1120 g/mol. The van der Waals surface area contributed by atoms with E-state index in [4.69, 9.17) is 13.8 Å². The average molecular weight is 1120 g/mol. The predicted molar refractivity (Wildman–Crippen MR) is 363 cm³/mol. The first kappa shape index (κ1) is 52.7. The van der Waals surface area contributed by atoms with Gasteiger partial charge in [0, 0.05) is 74.6 Å². The van der Waals surface area contributed by atoms with Crippen LogP contribution in [0.15, 0.2) is 311 Å². The number of hydrogen-bond donors (Lipinski definition) is 1. The number of para-hydroxylation sites is 2. The number of aromatic nitrogens is 1. The maximum Gasteiger partial charge on any atom is 0.154 e. The molecule has 15 aromatic rings. The van der Waals surface area contributed by atoms with E-state index < -0.39 is 5.54 Å². The minimum atomic E-state index is -0.971. The molecule has 0 fully saturated rings. The average Bonchev–Trinajstić information content (AvgIpc) is 1.59. The van der Waals surface area contributed by atoms with Gasteiger partial charge in [-0.1, -0.05) is 237 Å². The van der Waals surface area contributed by atoms with Crippen LogP contribution in [0.2, 0.25) is 0 Å². The van der Waals surface area contributed by atoms with Gasteiger partial charge in [0.1, 0.15) is 28.2 Å². The topological polar surface area (TPSA) is 70.7 Å². The van der Waals surface area contributed by atoms with Gasteiger partial charge in [0.15, 0.2) is 5.84 Å². The third-order valence-corrected chi connectivity index (χ3v) is 17.4. The lowest BCUT2D eigenvalue weighted by Crippen LogP contribution is -2.49. The summed E-state index contributed by atoms with van der Waals surface area (Å²) in [5.74, 6) is 0.710. The van der Waals surface area contributed by atoms with Crippen molar-refractivity contribution in [2.45, 2.75) is 18.9 Å². The van der Waals surface area contributed by atoms with Crippen molar-refractivity contribution < 1.29 is 8.83 Å². The summed E-state index contributed by atoms with van der Waals surface area (Å²) in [6, 6.07) is 104. The third kappa shape index (κ3) is 9.49. The van der Waals surface area contributed by atoms with E-state index in [1.807, 2.05) is 42.5 Å². The Morgan fingerprint density at radius 1 is 0.414 bits per heavy atom. The lowest BCUT2D eigenvalue weighted by molar-refractivity contribution is 0.311. The van der Waals surface area contributed by atoms with Gasteiger partial charge in [0.05, 0.1) is 16.6 Å². The van der Waals surface area contributed by atoms with Crippen molar-refractivity contribution in [3.8, 4) is 44.5 Å². The molecule has 3 heterocycles. The Kier molecular flexibility index (Phi) is 13.4. The highest BCUT2D eigenvalue weighted by molar-refractivity contribution is 6.20. The van der Waals surface area contributed by atoms with Crippen LogP contribution < -0.4 is 0 Å². The lowest BCUT2D eigenvalue weighted by Gasteiger charge is -2.44. The molecule has 0 amide bonds.